The first-order chi connectivity index (χ1) is 9.61. The number of amides is 1. The number of nitrogens with zero attached hydrogens (tertiary/aromatic N) is 3. The van der Waals surface area contributed by atoms with Gasteiger partial charge in [-0.25, -0.2) is 4.98 Å². The van der Waals surface area contributed by atoms with E-state index in [1.165, 1.54) is 4.88 Å². The van der Waals surface area contributed by atoms with Crippen LogP contribution < -0.4 is 0 Å². The van der Waals surface area contributed by atoms with E-state index in [1.807, 2.05) is 43.2 Å². The summed E-state index contributed by atoms with van der Waals surface area (Å²) in [4.78, 5) is 20.4. The van der Waals surface area contributed by atoms with Crippen molar-refractivity contribution < 1.29 is 4.79 Å². The number of hydrogen-bond acceptors (Lipinski definition) is 3. The number of carbonyl (C=O) groups excluding carboxylic acids is 1. The van der Waals surface area contributed by atoms with E-state index in [-0.39, 0.29) is 5.91 Å². The smallest absolute Gasteiger partial charge is 0.263 e. The number of hydrogen-bond donors (Lipinski definition) is 0. The van der Waals surface area contributed by atoms with Crippen LogP contribution in [-0.2, 0) is 19.9 Å². The normalized spacial score (nSPS) is 10.8. The number of rotatable bonds is 6. The zero-order valence-electron chi connectivity index (χ0n) is 12.3. The van der Waals surface area contributed by atoms with Gasteiger partial charge in [0.05, 0.1) is 4.88 Å². The molecule has 5 heteroatoms. The number of carbonyl (C=O) groups is 1. The lowest BCUT2D eigenvalue weighted by Crippen LogP contribution is -2.27. The number of imidazole rings is 1. The van der Waals surface area contributed by atoms with Crippen molar-refractivity contribution in [2.45, 2.75) is 26.2 Å². The van der Waals surface area contributed by atoms with Crippen LogP contribution in [0, 0.1) is 0 Å². The molecule has 0 saturated heterocycles. The average Bonchev–Trinajstić information content (AvgIpc) is 3.07. The number of aromatic nitrogens is 2. The van der Waals surface area contributed by atoms with Gasteiger partial charge in [0.25, 0.3) is 5.91 Å². The molecule has 0 atom stereocenters. The third-order valence-corrected chi connectivity index (χ3v) is 4.60. The minimum Gasteiger partial charge on any atom is -0.341 e. The summed E-state index contributed by atoms with van der Waals surface area (Å²) in [6.45, 7) is 2.86. The number of aryl methyl sites for hydroxylation is 3. The summed E-state index contributed by atoms with van der Waals surface area (Å²) in [7, 11) is 3.86. The molecule has 0 unspecified atom stereocenters. The predicted octanol–water partition coefficient (Wildman–Crippen LogP) is 2.75. The highest BCUT2D eigenvalue weighted by Crippen LogP contribution is 2.18. The molecule has 0 fully saturated rings. The van der Waals surface area contributed by atoms with Gasteiger partial charge in [-0.1, -0.05) is 6.92 Å². The Bertz CT molecular complexity index is 573. The third kappa shape index (κ3) is 3.48. The molecule has 20 heavy (non-hydrogen) atoms. The molecule has 108 valence electrons. The molecule has 2 heterocycles. The van der Waals surface area contributed by atoms with E-state index in [1.54, 1.807) is 16.2 Å². The predicted molar refractivity (Wildman–Crippen MR) is 82.2 cm³/mol. The molecule has 0 N–H and O–H groups in total. The van der Waals surface area contributed by atoms with Crippen molar-refractivity contribution in [1.82, 2.24) is 14.5 Å². The molecule has 0 aromatic carbocycles. The van der Waals surface area contributed by atoms with Crippen LogP contribution in [0.25, 0.3) is 0 Å². The molecule has 4 nitrogen and oxygen atoms in total. The summed E-state index contributed by atoms with van der Waals surface area (Å²) >= 11 is 1.60. The Morgan fingerprint density at radius 3 is 2.85 bits per heavy atom. The van der Waals surface area contributed by atoms with Gasteiger partial charge in [0.1, 0.15) is 5.82 Å². The molecule has 0 spiro atoms. The highest BCUT2D eigenvalue weighted by Gasteiger charge is 2.13. The van der Waals surface area contributed by atoms with Crippen LogP contribution in [0.15, 0.2) is 24.5 Å². The van der Waals surface area contributed by atoms with Crippen molar-refractivity contribution >= 4 is 17.2 Å². The van der Waals surface area contributed by atoms with Crippen LogP contribution in [0.5, 0.6) is 0 Å². The van der Waals surface area contributed by atoms with Crippen LogP contribution >= 0.6 is 11.3 Å². The Hall–Kier alpha value is -1.62. The molecule has 0 saturated carbocycles. The van der Waals surface area contributed by atoms with E-state index in [2.05, 4.69) is 11.9 Å². The summed E-state index contributed by atoms with van der Waals surface area (Å²) in [5.41, 5.74) is 0. The average molecular weight is 291 g/mol. The van der Waals surface area contributed by atoms with Gasteiger partial charge in [0, 0.05) is 44.3 Å². The quantitative estimate of drug-likeness (QED) is 0.821. The monoisotopic (exact) mass is 291 g/mol. The molecule has 0 bridgehead atoms. The molecular formula is C15H21N3OS. The van der Waals surface area contributed by atoms with Crippen LogP contribution in [0.4, 0.5) is 0 Å². The summed E-state index contributed by atoms with van der Waals surface area (Å²) < 4.78 is 2.02. The van der Waals surface area contributed by atoms with Crippen molar-refractivity contribution in [3.63, 3.8) is 0 Å². The van der Waals surface area contributed by atoms with Gasteiger partial charge in [-0.2, -0.15) is 0 Å². The fourth-order valence-electron chi connectivity index (χ4n) is 2.08. The summed E-state index contributed by atoms with van der Waals surface area (Å²) in [5, 5.41) is 0. The van der Waals surface area contributed by atoms with E-state index < -0.39 is 0 Å². The first kappa shape index (κ1) is 14.8. The van der Waals surface area contributed by atoms with Crippen LogP contribution in [0.3, 0.4) is 0 Å². The SMILES string of the molecule is CCc1ccc(C(=O)N(C)CCCc2nccn2C)s1. The van der Waals surface area contributed by atoms with Gasteiger partial charge in [-0.3, -0.25) is 4.79 Å². The minimum absolute atomic E-state index is 0.120. The van der Waals surface area contributed by atoms with Crippen molar-refractivity contribution in [3.8, 4) is 0 Å². The van der Waals surface area contributed by atoms with E-state index in [0.717, 1.165) is 36.5 Å². The van der Waals surface area contributed by atoms with Gasteiger partial charge in [-0.05, 0) is 25.0 Å². The Labute approximate surface area is 124 Å². The standard InChI is InChI=1S/C15H21N3OS/c1-4-12-7-8-13(20-12)15(19)18(3)10-5-6-14-16-9-11-17(14)2/h7-9,11H,4-6,10H2,1-3H3. The molecule has 0 radical (unpaired) electrons. The van der Waals surface area contributed by atoms with Crippen LogP contribution in [-0.4, -0.2) is 34.0 Å². The zero-order valence-corrected chi connectivity index (χ0v) is 13.1. The Kier molecular flexibility index (Phi) is 4.95. The molecule has 2 rings (SSSR count). The summed E-state index contributed by atoms with van der Waals surface area (Å²) in [6.07, 6.45) is 6.57. The molecule has 0 aliphatic heterocycles. The van der Waals surface area contributed by atoms with Gasteiger partial charge < -0.3 is 9.47 Å². The zero-order chi connectivity index (χ0) is 14.5. The van der Waals surface area contributed by atoms with Crippen LogP contribution in [0.1, 0.15) is 33.7 Å². The summed E-state index contributed by atoms with van der Waals surface area (Å²) in [6, 6.07) is 3.97. The molecule has 0 aliphatic carbocycles. The fourth-order valence-corrected chi connectivity index (χ4v) is 3.03. The van der Waals surface area contributed by atoms with Crippen molar-refractivity contribution in [2.24, 2.45) is 7.05 Å². The minimum atomic E-state index is 0.120. The second-order valence-corrected chi connectivity index (χ2v) is 6.07. The van der Waals surface area contributed by atoms with E-state index in [0.29, 0.717) is 0 Å². The maximum Gasteiger partial charge on any atom is 0.263 e. The van der Waals surface area contributed by atoms with Gasteiger partial charge in [0.2, 0.25) is 0 Å². The van der Waals surface area contributed by atoms with Crippen molar-refractivity contribution in [3.05, 3.63) is 40.1 Å². The highest BCUT2D eigenvalue weighted by atomic mass is 32.1. The Balaban J connectivity index is 1.83. The molecule has 2 aromatic rings. The van der Waals surface area contributed by atoms with Gasteiger partial charge in [0.15, 0.2) is 0 Å². The Morgan fingerprint density at radius 1 is 1.45 bits per heavy atom. The Morgan fingerprint density at radius 2 is 2.25 bits per heavy atom. The third-order valence-electron chi connectivity index (χ3n) is 3.38. The van der Waals surface area contributed by atoms with E-state index in [4.69, 9.17) is 0 Å². The molecular weight excluding hydrogens is 270 g/mol. The maximum absolute atomic E-state index is 12.2. The topological polar surface area (TPSA) is 38.1 Å². The number of thiophene rings is 1. The fraction of sp³-hybridized carbons (Fsp3) is 0.467. The largest absolute Gasteiger partial charge is 0.341 e. The molecule has 0 aliphatic rings. The first-order valence-corrected chi connectivity index (χ1v) is 7.73. The van der Waals surface area contributed by atoms with Crippen molar-refractivity contribution in [1.29, 1.82) is 0 Å². The molecule has 2 aromatic heterocycles. The first-order valence-electron chi connectivity index (χ1n) is 6.92. The lowest BCUT2D eigenvalue weighted by Gasteiger charge is -2.16. The lowest BCUT2D eigenvalue weighted by molar-refractivity contribution is 0.0798. The summed E-state index contributed by atoms with van der Waals surface area (Å²) in [5.74, 6) is 1.18. The van der Waals surface area contributed by atoms with E-state index >= 15 is 0 Å². The van der Waals surface area contributed by atoms with E-state index in [9.17, 15) is 4.79 Å². The second-order valence-electron chi connectivity index (χ2n) is 4.90. The van der Waals surface area contributed by atoms with Gasteiger partial charge in [-0.15, -0.1) is 11.3 Å². The maximum atomic E-state index is 12.2. The van der Waals surface area contributed by atoms with Crippen molar-refractivity contribution in [2.75, 3.05) is 13.6 Å². The molecule has 1 amide bonds. The second kappa shape index (κ2) is 6.70. The highest BCUT2D eigenvalue weighted by molar-refractivity contribution is 7.14. The lowest BCUT2D eigenvalue weighted by atomic mass is 10.2. The van der Waals surface area contributed by atoms with Gasteiger partial charge >= 0.3 is 0 Å². The van der Waals surface area contributed by atoms with Crippen LogP contribution in [0.2, 0.25) is 0 Å².